The van der Waals surface area contributed by atoms with Crippen LogP contribution in [0.1, 0.15) is 5.56 Å². The van der Waals surface area contributed by atoms with E-state index in [1.54, 1.807) is 12.1 Å². The number of carbonyl (C=O) groups is 1. The summed E-state index contributed by atoms with van der Waals surface area (Å²) < 4.78 is 16.3. The van der Waals surface area contributed by atoms with Gasteiger partial charge in [-0.15, -0.1) is 0 Å². The Balaban J connectivity index is 1.63. The number of fused-ring (bicyclic) bond motifs is 1. The average molecular weight is 363 g/mol. The van der Waals surface area contributed by atoms with E-state index in [9.17, 15) is 4.79 Å². The topological polar surface area (TPSA) is 68.8 Å². The molecule has 0 atom stereocenters. The van der Waals surface area contributed by atoms with Crippen molar-refractivity contribution < 1.29 is 19.0 Å². The van der Waals surface area contributed by atoms with Crippen LogP contribution in [0.3, 0.4) is 0 Å². The highest BCUT2D eigenvalue weighted by Gasteiger charge is 2.13. The van der Waals surface area contributed by atoms with Gasteiger partial charge in [-0.3, -0.25) is 4.79 Å². The van der Waals surface area contributed by atoms with Gasteiger partial charge in [0, 0.05) is 22.8 Å². The van der Waals surface area contributed by atoms with Crippen molar-refractivity contribution in [2.45, 2.75) is 6.92 Å². The Kier molecular flexibility index (Phi) is 5.19. The van der Waals surface area contributed by atoms with Crippen LogP contribution in [0.25, 0.3) is 0 Å². The predicted octanol–water partition coefficient (Wildman–Crippen LogP) is 3.48. The molecule has 132 valence electrons. The molecule has 0 aliphatic carbocycles. The molecule has 0 aromatic heterocycles. The van der Waals surface area contributed by atoms with Crippen molar-refractivity contribution in [2.24, 2.45) is 0 Å². The monoisotopic (exact) mass is 362 g/mol. The van der Waals surface area contributed by atoms with E-state index < -0.39 is 0 Å². The normalized spacial score (nSPS) is 12.4. The van der Waals surface area contributed by atoms with Gasteiger partial charge in [-0.1, -0.05) is 11.6 Å². The molecule has 1 amide bonds. The third-order valence-electron chi connectivity index (χ3n) is 3.75. The first kappa shape index (κ1) is 17.2. The summed E-state index contributed by atoms with van der Waals surface area (Å²) in [5, 5.41) is 6.47. The summed E-state index contributed by atoms with van der Waals surface area (Å²) >= 11 is 6.07. The molecule has 0 bridgehead atoms. The van der Waals surface area contributed by atoms with Gasteiger partial charge in [0.2, 0.25) is 5.91 Å². The molecule has 0 saturated heterocycles. The number of carbonyl (C=O) groups excluding carboxylic acids is 1. The third-order valence-corrected chi connectivity index (χ3v) is 4.16. The zero-order valence-electron chi connectivity index (χ0n) is 14.0. The molecule has 0 radical (unpaired) electrons. The molecule has 6 nitrogen and oxygen atoms in total. The van der Waals surface area contributed by atoms with Crippen molar-refractivity contribution in [3.05, 3.63) is 40.9 Å². The highest BCUT2D eigenvalue weighted by molar-refractivity contribution is 6.31. The summed E-state index contributed by atoms with van der Waals surface area (Å²) in [4.78, 5) is 12.2. The van der Waals surface area contributed by atoms with Gasteiger partial charge in [-0.05, 0) is 30.7 Å². The predicted molar refractivity (Wildman–Crippen MR) is 97.3 cm³/mol. The number of benzene rings is 2. The third kappa shape index (κ3) is 4.09. The number of halogens is 1. The first-order valence-electron chi connectivity index (χ1n) is 7.84. The quantitative estimate of drug-likeness (QED) is 0.852. The van der Waals surface area contributed by atoms with Crippen molar-refractivity contribution in [3.63, 3.8) is 0 Å². The van der Waals surface area contributed by atoms with Crippen molar-refractivity contribution in [2.75, 3.05) is 37.5 Å². The van der Waals surface area contributed by atoms with Gasteiger partial charge in [0.05, 0.1) is 19.3 Å². The molecule has 2 N–H and O–H groups in total. The van der Waals surface area contributed by atoms with E-state index in [2.05, 4.69) is 10.6 Å². The van der Waals surface area contributed by atoms with E-state index in [0.29, 0.717) is 41.2 Å². The first-order chi connectivity index (χ1) is 12.1. The van der Waals surface area contributed by atoms with Crippen LogP contribution in [-0.4, -0.2) is 32.8 Å². The number of anilines is 2. The summed E-state index contributed by atoms with van der Waals surface area (Å²) in [7, 11) is 1.53. The van der Waals surface area contributed by atoms with E-state index in [-0.39, 0.29) is 12.5 Å². The van der Waals surface area contributed by atoms with E-state index in [0.717, 1.165) is 11.3 Å². The summed E-state index contributed by atoms with van der Waals surface area (Å²) in [6.07, 6.45) is 0. The molecular weight excluding hydrogens is 344 g/mol. The molecular formula is C18H19ClN2O4. The number of methoxy groups -OCH3 is 1. The molecule has 1 heterocycles. The smallest absolute Gasteiger partial charge is 0.243 e. The van der Waals surface area contributed by atoms with E-state index in [4.69, 9.17) is 25.8 Å². The van der Waals surface area contributed by atoms with Crippen LogP contribution in [0.2, 0.25) is 5.02 Å². The van der Waals surface area contributed by atoms with E-state index >= 15 is 0 Å². The fourth-order valence-corrected chi connectivity index (χ4v) is 2.61. The zero-order valence-corrected chi connectivity index (χ0v) is 14.8. The molecule has 2 aromatic rings. The van der Waals surface area contributed by atoms with E-state index in [1.807, 2.05) is 25.1 Å². The van der Waals surface area contributed by atoms with Crippen LogP contribution >= 0.6 is 11.6 Å². The number of nitrogens with one attached hydrogen (secondary N) is 2. The van der Waals surface area contributed by atoms with Gasteiger partial charge in [0.15, 0.2) is 11.5 Å². The van der Waals surface area contributed by atoms with Gasteiger partial charge in [-0.2, -0.15) is 0 Å². The minimum absolute atomic E-state index is 0.102. The molecule has 25 heavy (non-hydrogen) atoms. The molecule has 2 aromatic carbocycles. The zero-order chi connectivity index (χ0) is 17.8. The molecule has 1 aliphatic heterocycles. The summed E-state index contributed by atoms with van der Waals surface area (Å²) in [5.74, 6) is 1.70. The Hall–Kier alpha value is -2.60. The maximum atomic E-state index is 12.2. The number of amides is 1. The summed E-state index contributed by atoms with van der Waals surface area (Å²) in [6.45, 7) is 3.03. The molecule has 7 heteroatoms. The Morgan fingerprint density at radius 1 is 1.20 bits per heavy atom. The van der Waals surface area contributed by atoms with Crippen molar-refractivity contribution in [3.8, 4) is 17.2 Å². The second-order valence-corrected chi connectivity index (χ2v) is 5.97. The number of hydrogen-bond donors (Lipinski definition) is 2. The number of rotatable bonds is 5. The summed E-state index contributed by atoms with van der Waals surface area (Å²) in [5.41, 5.74) is 2.22. The minimum atomic E-state index is -0.199. The molecule has 0 fully saturated rings. The Morgan fingerprint density at radius 3 is 2.72 bits per heavy atom. The molecule has 1 aliphatic rings. The van der Waals surface area contributed by atoms with Crippen LogP contribution in [0.5, 0.6) is 17.2 Å². The van der Waals surface area contributed by atoms with Crippen LogP contribution in [0, 0.1) is 6.92 Å². The lowest BCUT2D eigenvalue weighted by atomic mass is 10.2. The van der Waals surface area contributed by atoms with Crippen molar-refractivity contribution in [1.29, 1.82) is 0 Å². The highest BCUT2D eigenvalue weighted by atomic mass is 35.5. The minimum Gasteiger partial charge on any atom is -0.495 e. The maximum absolute atomic E-state index is 12.2. The van der Waals surface area contributed by atoms with Gasteiger partial charge in [0.25, 0.3) is 0 Å². The molecule has 0 spiro atoms. The Labute approximate surface area is 151 Å². The van der Waals surface area contributed by atoms with Gasteiger partial charge in [0.1, 0.15) is 19.0 Å². The molecule has 0 saturated carbocycles. The Morgan fingerprint density at radius 2 is 1.96 bits per heavy atom. The largest absolute Gasteiger partial charge is 0.495 e. The first-order valence-corrected chi connectivity index (χ1v) is 8.22. The second kappa shape index (κ2) is 7.53. The fraction of sp³-hybridized carbons (Fsp3) is 0.278. The summed E-state index contributed by atoms with van der Waals surface area (Å²) in [6, 6.07) is 8.94. The maximum Gasteiger partial charge on any atom is 0.243 e. The lowest BCUT2D eigenvalue weighted by Gasteiger charge is -2.19. The van der Waals surface area contributed by atoms with Gasteiger partial charge < -0.3 is 24.8 Å². The van der Waals surface area contributed by atoms with Gasteiger partial charge >= 0.3 is 0 Å². The van der Waals surface area contributed by atoms with Crippen LogP contribution in [0.15, 0.2) is 30.3 Å². The van der Waals surface area contributed by atoms with Crippen LogP contribution in [0.4, 0.5) is 11.4 Å². The second-order valence-electron chi connectivity index (χ2n) is 5.56. The van der Waals surface area contributed by atoms with Crippen molar-refractivity contribution >= 4 is 28.9 Å². The Bertz CT molecular complexity index is 795. The number of ether oxygens (including phenoxy) is 3. The van der Waals surface area contributed by atoms with Crippen LogP contribution < -0.4 is 24.8 Å². The van der Waals surface area contributed by atoms with Crippen LogP contribution in [-0.2, 0) is 4.79 Å². The number of aryl methyl sites for hydroxylation is 1. The average Bonchev–Trinajstić information content (AvgIpc) is 2.62. The lowest BCUT2D eigenvalue weighted by molar-refractivity contribution is -0.114. The lowest BCUT2D eigenvalue weighted by Crippen LogP contribution is -2.22. The van der Waals surface area contributed by atoms with Crippen molar-refractivity contribution in [1.82, 2.24) is 0 Å². The number of hydrogen-bond acceptors (Lipinski definition) is 5. The standard InChI is InChI=1S/C18H19ClN2O4/c1-11-7-14(16(23-2)9-13(11)19)21-18(22)10-20-12-3-4-15-17(8-12)25-6-5-24-15/h3-4,7-9,20H,5-6,10H2,1-2H3,(H,21,22). The SMILES string of the molecule is COc1cc(Cl)c(C)cc1NC(=O)CNc1ccc2c(c1)OCCO2. The molecule has 3 rings (SSSR count). The highest BCUT2D eigenvalue weighted by Crippen LogP contribution is 2.33. The molecule has 0 unspecified atom stereocenters. The van der Waals surface area contributed by atoms with Gasteiger partial charge in [-0.25, -0.2) is 0 Å². The fourth-order valence-electron chi connectivity index (χ4n) is 2.46. The van der Waals surface area contributed by atoms with E-state index in [1.165, 1.54) is 7.11 Å².